The van der Waals surface area contributed by atoms with E-state index in [1.165, 1.54) is 51.4 Å². The molecule has 0 atom stereocenters. The van der Waals surface area contributed by atoms with E-state index in [9.17, 15) is 9.59 Å². The van der Waals surface area contributed by atoms with Crippen LogP contribution in [0.3, 0.4) is 0 Å². The number of hydrogen-bond donors (Lipinski definition) is 2. The second kappa shape index (κ2) is 15.8. The quantitative estimate of drug-likeness (QED) is 0.337. The fourth-order valence-corrected chi connectivity index (χ4v) is 2.47. The lowest BCUT2D eigenvalue weighted by molar-refractivity contribution is -0.137. The van der Waals surface area contributed by atoms with Crippen LogP contribution in [0.25, 0.3) is 0 Å². The zero-order chi connectivity index (χ0) is 15.8. The van der Waals surface area contributed by atoms with E-state index < -0.39 is 5.97 Å². The molecule has 1 amide bonds. The Labute approximate surface area is 137 Å². The molecule has 4 nitrogen and oxygen atoms in total. The third-order valence-electron chi connectivity index (χ3n) is 3.51. The maximum Gasteiger partial charge on any atom is 0.303 e. The predicted octanol–water partition coefficient (Wildman–Crippen LogP) is 4.26. The molecule has 0 aromatic carbocycles. The molecule has 0 bridgehead atoms. The predicted molar refractivity (Wildman–Crippen MR) is 89.8 cm³/mol. The summed E-state index contributed by atoms with van der Waals surface area (Å²) in [5.74, 6) is -0.611. The molecule has 0 unspecified atom stereocenters. The van der Waals surface area contributed by atoms with Gasteiger partial charge >= 0.3 is 5.97 Å². The van der Waals surface area contributed by atoms with Crippen molar-refractivity contribution in [1.82, 2.24) is 5.32 Å². The average Bonchev–Trinajstić information content (AvgIpc) is 2.46. The topological polar surface area (TPSA) is 66.4 Å². The van der Waals surface area contributed by atoms with E-state index in [0.717, 1.165) is 25.8 Å². The van der Waals surface area contributed by atoms with Gasteiger partial charge in [-0.05, 0) is 12.8 Å². The number of nitrogens with one attached hydrogen (secondary N) is 1. The molecule has 0 aliphatic carbocycles. The summed E-state index contributed by atoms with van der Waals surface area (Å²) in [7, 11) is 0. The molecule has 0 heterocycles. The van der Waals surface area contributed by atoms with Crippen LogP contribution in [0.2, 0.25) is 0 Å². The van der Waals surface area contributed by atoms with E-state index in [2.05, 4.69) is 21.2 Å². The second-order valence-corrected chi connectivity index (χ2v) is 6.08. The van der Waals surface area contributed by atoms with Gasteiger partial charge in [-0.3, -0.25) is 9.59 Å². The van der Waals surface area contributed by atoms with Crippen molar-refractivity contribution in [2.45, 2.75) is 77.0 Å². The van der Waals surface area contributed by atoms with Gasteiger partial charge < -0.3 is 10.4 Å². The number of hydrogen-bond acceptors (Lipinski definition) is 2. The summed E-state index contributed by atoms with van der Waals surface area (Å²) in [6.07, 6.45) is 13.2. The molecular formula is C16H30BrNO3. The summed E-state index contributed by atoms with van der Waals surface area (Å²) >= 11 is 3.12. The van der Waals surface area contributed by atoms with Crippen LogP contribution in [0, 0.1) is 0 Å². The van der Waals surface area contributed by atoms with Gasteiger partial charge in [-0.25, -0.2) is 0 Å². The summed E-state index contributed by atoms with van der Waals surface area (Å²) in [6, 6.07) is 0. The number of alkyl halides is 1. The largest absolute Gasteiger partial charge is 0.481 e. The lowest BCUT2D eigenvalue weighted by Gasteiger charge is -2.04. The minimum Gasteiger partial charge on any atom is -0.481 e. The van der Waals surface area contributed by atoms with Crippen molar-refractivity contribution in [3.63, 3.8) is 0 Å². The van der Waals surface area contributed by atoms with Crippen molar-refractivity contribution in [2.24, 2.45) is 0 Å². The van der Waals surface area contributed by atoms with Crippen LogP contribution in [-0.4, -0.2) is 28.9 Å². The van der Waals surface area contributed by atoms with Crippen LogP contribution in [0.1, 0.15) is 77.0 Å². The molecule has 0 fully saturated rings. The molecule has 0 aromatic rings. The van der Waals surface area contributed by atoms with E-state index in [-0.39, 0.29) is 5.91 Å². The Morgan fingerprint density at radius 1 is 0.762 bits per heavy atom. The van der Waals surface area contributed by atoms with Crippen molar-refractivity contribution in [1.29, 1.82) is 0 Å². The lowest BCUT2D eigenvalue weighted by Crippen LogP contribution is -2.25. The molecule has 0 saturated heterocycles. The fraction of sp³-hybridized carbons (Fsp3) is 0.875. The summed E-state index contributed by atoms with van der Waals surface area (Å²) in [5.41, 5.74) is 0. The summed E-state index contributed by atoms with van der Waals surface area (Å²) in [4.78, 5) is 21.3. The molecule has 124 valence electrons. The zero-order valence-electron chi connectivity index (χ0n) is 13.0. The monoisotopic (exact) mass is 363 g/mol. The number of unbranched alkanes of at least 4 members (excludes halogenated alkanes) is 10. The molecule has 0 spiro atoms. The smallest absolute Gasteiger partial charge is 0.303 e. The van der Waals surface area contributed by atoms with Gasteiger partial charge in [0.1, 0.15) is 0 Å². The van der Waals surface area contributed by atoms with Crippen LogP contribution >= 0.6 is 15.9 Å². The molecule has 5 heteroatoms. The molecule has 0 saturated carbocycles. The van der Waals surface area contributed by atoms with Gasteiger partial charge in [0.2, 0.25) is 5.91 Å². The molecule has 0 rings (SSSR count). The van der Waals surface area contributed by atoms with Crippen molar-refractivity contribution in [3.05, 3.63) is 0 Å². The Morgan fingerprint density at radius 3 is 1.62 bits per heavy atom. The SMILES string of the molecule is O=C(O)CCCCCCCCCCCCCNC(=O)CBr. The fourth-order valence-electron chi connectivity index (χ4n) is 2.27. The van der Waals surface area contributed by atoms with Crippen LogP contribution in [0.5, 0.6) is 0 Å². The number of carboxylic acid groups (broad SMARTS) is 1. The number of carbonyl (C=O) groups excluding carboxylic acids is 1. The average molecular weight is 364 g/mol. The maximum absolute atomic E-state index is 11.0. The first-order valence-corrected chi connectivity index (χ1v) is 9.33. The van der Waals surface area contributed by atoms with Gasteiger partial charge in [-0.1, -0.05) is 73.7 Å². The number of halogens is 1. The maximum atomic E-state index is 11.0. The first-order valence-electron chi connectivity index (χ1n) is 8.21. The van der Waals surface area contributed by atoms with Crippen LogP contribution in [-0.2, 0) is 9.59 Å². The minimum absolute atomic E-state index is 0.0679. The molecule has 21 heavy (non-hydrogen) atoms. The first-order chi connectivity index (χ1) is 10.2. The number of rotatable bonds is 15. The summed E-state index contributed by atoms with van der Waals surface area (Å²) in [5, 5.41) is 11.8. The summed E-state index contributed by atoms with van der Waals surface area (Å²) in [6.45, 7) is 0.792. The normalized spacial score (nSPS) is 10.5. The van der Waals surface area contributed by atoms with Crippen LogP contribution in [0.4, 0.5) is 0 Å². The summed E-state index contributed by atoms with van der Waals surface area (Å²) < 4.78 is 0. The third kappa shape index (κ3) is 17.4. The molecule has 0 aliphatic heterocycles. The first kappa shape index (κ1) is 20.4. The van der Waals surface area contributed by atoms with Crippen molar-refractivity contribution >= 4 is 27.8 Å². The Bertz CT molecular complexity index is 272. The molecule has 2 N–H and O–H groups in total. The minimum atomic E-state index is -0.679. The van der Waals surface area contributed by atoms with E-state index in [4.69, 9.17) is 5.11 Å². The highest BCUT2D eigenvalue weighted by atomic mass is 79.9. The van der Waals surface area contributed by atoms with Gasteiger partial charge in [-0.2, -0.15) is 0 Å². The van der Waals surface area contributed by atoms with Crippen molar-refractivity contribution in [3.8, 4) is 0 Å². The van der Waals surface area contributed by atoms with Crippen molar-refractivity contribution < 1.29 is 14.7 Å². The van der Waals surface area contributed by atoms with E-state index in [1.807, 2.05) is 0 Å². The Kier molecular flexibility index (Phi) is 15.4. The number of carbonyl (C=O) groups is 2. The van der Waals surface area contributed by atoms with Crippen molar-refractivity contribution in [2.75, 3.05) is 11.9 Å². The van der Waals surface area contributed by atoms with Crippen LogP contribution in [0.15, 0.2) is 0 Å². The van der Waals surface area contributed by atoms with E-state index >= 15 is 0 Å². The van der Waals surface area contributed by atoms with E-state index in [0.29, 0.717) is 11.8 Å². The highest BCUT2D eigenvalue weighted by Gasteiger charge is 1.98. The molecular weight excluding hydrogens is 334 g/mol. The molecule has 0 radical (unpaired) electrons. The van der Waals surface area contributed by atoms with Gasteiger partial charge in [0.25, 0.3) is 0 Å². The molecule has 0 aliphatic rings. The van der Waals surface area contributed by atoms with Gasteiger partial charge in [-0.15, -0.1) is 0 Å². The van der Waals surface area contributed by atoms with Gasteiger partial charge in [0, 0.05) is 13.0 Å². The lowest BCUT2D eigenvalue weighted by atomic mass is 10.1. The Morgan fingerprint density at radius 2 is 1.19 bits per heavy atom. The van der Waals surface area contributed by atoms with Gasteiger partial charge in [0.15, 0.2) is 0 Å². The van der Waals surface area contributed by atoms with E-state index in [1.54, 1.807) is 0 Å². The second-order valence-electron chi connectivity index (χ2n) is 5.52. The highest BCUT2D eigenvalue weighted by molar-refractivity contribution is 9.09. The third-order valence-corrected chi connectivity index (χ3v) is 4.02. The number of carboxylic acids is 1. The highest BCUT2D eigenvalue weighted by Crippen LogP contribution is 2.11. The van der Waals surface area contributed by atoms with Crippen LogP contribution < -0.4 is 5.32 Å². The molecule has 0 aromatic heterocycles. The Hall–Kier alpha value is -0.580. The zero-order valence-corrected chi connectivity index (χ0v) is 14.6. The van der Waals surface area contributed by atoms with Gasteiger partial charge in [0.05, 0.1) is 5.33 Å². The number of amides is 1. The number of aliphatic carboxylic acids is 1. The Balaban J connectivity index is 3.02. The standard InChI is InChI=1S/C16H30BrNO3/c17-14-15(19)18-13-11-9-7-5-3-1-2-4-6-8-10-12-16(20)21/h1-14H2,(H,18,19)(H,20,21).